The minimum atomic E-state index is -3.47. The molecule has 0 unspecified atom stereocenters. The molecule has 0 bridgehead atoms. The van der Waals surface area contributed by atoms with E-state index in [4.69, 9.17) is 0 Å². The molecule has 3 nitrogen and oxygen atoms in total. The lowest BCUT2D eigenvalue weighted by molar-refractivity contribution is 0.581. The molecule has 112 valence electrons. The third-order valence-corrected chi connectivity index (χ3v) is 4.88. The van der Waals surface area contributed by atoms with Crippen molar-refractivity contribution >= 4 is 10.0 Å². The van der Waals surface area contributed by atoms with Gasteiger partial charge in [-0.15, -0.1) is 0 Å². The summed E-state index contributed by atoms with van der Waals surface area (Å²) in [7, 11) is -3.47. The second-order valence-corrected chi connectivity index (χ2v) is 7.26. The molecule has 1 N–H and O–H groups in total. The molecule has 0 saturated carbocycles. The fourth-order valence-electron chi connectivity index (χ4n) is 2.23. The van der Waals surface area contributed by atoms with Gasteiger partial charge in [0.2, 0.25) is 10.0 Å². The van der Waals surface area contributed by atoms with Crippen molar-refractivity contribution in [2.45, 2.75) is 38.1 Å². The normalized spacial score (nSPS) is 11.8. The molecule has 2 rings (SSSR count). The minimum Gasteiger partial charge on any atom is -0.207 e. The van der Waals surface area contributed by atoms with Crippen molar-refractivity contribution in [2.75, 3.05) is 0 Å². The Morgan fingerprint density at radius 2 is 1.62 bits per heavy atom. The van der Waals surface area contributed by atoms with Crippen LogP contribution in [0.3, 0.4) is 0 Å². The molecule has 4 heteroatoms. The monoisotopic (exact) mass is 303 g/mol. The van der Waals surface area contributed by atoms with Crippen LogP contribution in [0.25, 0.3) is 0 Å². The van der Waals surface area contributed by atoms with Crippen molar-refractivity contribution in [3.63, 3.8) is 0 Å². The Labute approximate surface area is 127 Å². The maximum atomic E-state index is 12.3. The van der Waals surface area contributed by atoms with Crippen LogP contribution >= 0.6 is 0 Å². The fourth-order valence-corrected chi connectivity index (χ4v) is 3.24. The van der Waals surface area contributed by atoms with Gasteiger partial charge in [0.15, 0.2) is 0 Å². The summed E-state index contributed by atoms with van der Waals surface area (Å²) in [6, 6.07) is 14.8. The van der Waals surface area contributed by atoms with Crippen molar-refractivity contribution in [1.82, 2.24) is 4.72 Å². The molecule has 0 fully saturated rings. The summed E-state index contributed by atoms with van der Waals surface area (Å²) in [5.74, 6) is 0.366. The first kappa shape index (κ1) is 15.7. The van der Waals surface area contributed by atoms with Gasteiger partial charge in [0.05, 0.1) is 4.90 Å². The van der Waals surface area contributed by atoms with Gasteiger partial charge in [-0.2, -0.15) is 0 Å². The summed E-state index contributed by atoms with van der Waals surface area (Å²) in [5.41, 5.74) is 3.23. The van der Waals surface area contributed by atoms with Crippen LogP contribution in [0, 0.1) is 6.92 Å². The van der Waals surface area contributed by atoms with Gasteiger partial charge in [0.25, 0.3) is 0 Å². The van der Waals surface area contributed by atoms with Gasteiger partial charge in [-0.25, -0.2) is 13.1 Å². The molecular formula is C17H21NO2S. The maximum absolute atomic E-state index is 12.3. The second-order valence-electron chi connectivity index (χ2n) is 5.49. The molecule has 0 atom stereocenters. The van der Waals surface area contributed by atoms with Gasteiger partial charge in [-0.05, 0) is 36.1 Å². The lowest BCUT2D eigenvalue weighted by Crippen LogP contribution is -2.23. The second kappa shape index (κ2) is 6.41. The Balaban J connectivity index is 2.18. The quantitative estimate of drug-likeness (QED) is 0.917. The molecule has 0 aliphatic heterocycles. The van der Waals surface area contributed by atoms with E-state index in [-0.39, 0.29) is 0 Å². The number of benzene rings is 2. The van der Waals surface area contributed by atoms with Gasteiger partial charge in [-0.1, -0.05) is 55.8 Å². The molecule has 21 heavy (non-hydrogen) atoms. The first-order chi connectivity index (χ1) is 9.90. The molecule has 0 aliphatic carbocycles. The topological polar surface area (TPSA) is 46.2 Å². The van der Waals surface area contributed by atoms with E-state index in [0.717, 1.165) is 11.1 Å². The van der Waals surface area contributed by atoms with Gasteiger partial charge in [0, 0.05) is 6.54 Å². The Hall–Kier alpha value is -1.65. The minimum absolute atomic E-state index is 0.301. The van der Waals surface area contributed by atoms with E-state index in [9.17, 15) is 8.42 Å². The third kappa shape index (κ3) is 3.93. The number of sulfonamides is 1. The highest BCUT2D eigenvalue weighted by Gasteiger charge is 2.14. The summed E-state index contributed by atoms with van der Waals surface area (Å²) in [6.45, 7) is 6.45. The first-order valence-corrected chi connectivity index (χ1v) is 8.52. The van der Waals surface area contributed by atoms with Crippen LogP contribution in [0.4, 0.5) is 0 Å². The van der Waals surface area contributed by atoms with Crippen LogP contribution in [-0.4, -0.2) is 8.42 Å². The van der Waals surface area contributed by atoms with Crippen molar-refractivity contribution in [3.8, 4) is 0 Å². The summed E-state index contributed by atoms with van der Waals surface area (Å²) >= 11 is 0. The highest BCUT2D eigenvalue weighted by atomic mass is 32.2. The largest absolute Gasteiger partial charge is 0.240 e. The van der Waals surface area contributed by atoms with E-state index in [2.05, 4.69) is 18.6 Å². The summed E-state index contributed by atoms with van der Waals surface area (Å²) in [6.07, 6.45) is 0. The smallest absolute Gasteiger partial charge is 0.207 e. The molecule has 0 spiro atoms. The average Bonchev–Trinajstić information content (AvgIpc) is 2.46. The molecule has 2 aromatic carbocycles. The summed E-state index contributed by atoms with van der Waals surface area (Å²) in [5, 5.41) is 0. The van der Waals surface area contributed by atoms with Gasteiger partial charge >= 0.3 is 0 Å². The van der Waals surface area contributed by atoms with Crippen LogP contribution in [0.1, 0.15) is 36.5 Å². The molecule has 0 radical (unpaired) electrons. The first-order valence-electron chi connectivity index (χ1n) is 7.04. The zero-order valence-corrected chi connectivity index (χ0v) is 13.4. The Kier molecular flexibility index (Phi) is 4.80. The number of nitrogens with one attached hydrogen (secondary N) is 1. The van der Waals surface area contributed by atoms with Crippen molar-refractivity contribution in [2.24, 2.45) is 0 Å². The van der Waals surface area contributed by atoms with E-state index in [0.29, 0.717) is 17.4 Å². The highest BCUT2D eigenvalue weighted by molar-refractivity contribution is 7.89. The van der Waals surface area contributed by atoms with E-state index in [1.807, 2.05) is 31.2 Å². The van der Waals surface area contributed by atoms with E-state index in [1.165, 1.54) is 5.56 Å². The Bertz CT molecular complexity index is 704. The van der Waals surface area contributed by atoms with Gasteiger partial charge in [-0.3, -0.25) is 0 Å². The molecule has 0 aliphatic rings. The Morgan fingerprint density at radius 1 is 1.00 bits per heavy atom. The van der Waals surface area contributed by atoms with Crippen LogP contribution in [0.15, 0.2) is 53.4 Å². The molecule has 0 saturated heterocycles. The van der Waals surface area contributed by atoms with Gasteiger partial charge in [0.1, 0.15) is 0 Å². The van der Waals surface area contributed by atoms with Crippen LogP contribution in [-0.2, 0) is 16.6 Å². The maximum Gasteiger partial charge on any atom is 0.240 e. The van der Waals surface area contributed by atoms with Crippen molar-refractivity contribution in [3.05, 3.63) is 65.2 Å². The van der Waals surface area contributed by atoms with Crippen LogP contribution < -0.4 is 4.72 Å². The number of hydrogen-bond donors (Lipinski definition) is 1. The predicted octanol–water partition coefficient (Wildman–Crippen LogP) is 3.60. The van der Waals surface area contributed by atoms with E-state index >= 15 is 0 Å². The van der Waals surface area contributed by atoms with E-state index in [1.54, 1.807) is 24.3 Å². The SMILES string of the molecule is Cc1ccc(S(=O)(=O)NCc2ccccc2C(C)C)cc1. The third-order valence-electron chi connectivity index (χ3n) is 3.46. The highest BCUT2D eigenvalue weighted by Crippen LogP contribution is 2.19. The summed E-state index contributed by atoms with van der Waals surface area (Å²) in [4.78, 5) is 0.301. The standard InChI is InChI=1S/C17H21NO2S/c1-13(2)17-7-5-4-6-15(17)12-18-21(19,20)16-10-8-14(3)9-11-16/h4-11,13,18H,12H2,1-3H3. The van der Waals surface area contributed by atoms with E-state index < -0.39 is 10.0 Å². The number of aryl methyl sites for hydroxylation is 1. The number of hydrogen-bond acceptors (Lipinski definition) is 2. The molecule has 2 aromatic rings. The zero-order valence-electron chi connectivity index (χ0n) is 12.6. The lowest BCUT2D eigenvalue weighted by Gasteiger charge is -2.13. The molecular weight excluding hydrogens is 282 g/mol. The number of rotatable bonds is 5. The van der Waals surface area contributed by atoms with Crippen LogP contribution in [0.2, 0.25) is 0 Å². The Morgan fingerprint density at radius 3 is 2.24 bits per heavy atom. The predicted molar refractivity (Wildman–Crippen MR) is 85.7 cm³/mol. The lowest BCUT2D eigenvalue weighted by atomic mass is 9.97. The fraction of sp³-hybridized carbons (Fsp3) is 0.294. The zero-order chi connectivity index (χ0) is 15.5. The van der Waals surface area contributed by atoms with Gasteiger partial charge < -0.3 is 0 Å². The van der Waals surface area contributed by atoms with Crippen molar-refractivity contribution in [1.29, 1.82) is 0 Å². The summed E-state index contributed by atoms with van der Waals surface area (Å²) < 4.78 is 27.3. The average molecular weight is 303 g/mol. The van der Waals surface area contributed by atoms with Crippen LogP contribution in [0.5, 0.6) is 0 Å². The molecule has 0 heterocycles. The van der Waals surface area contributed by atoms with Crippen molar-refractivity contribution < 1.29 is 8.42 Å². The molecule has 0 aromatic heterocycles. The molecule has 0 amide bonds.